The fraction of sp³-hybridized carbons (Fsp3) is 0.300. The fourth-order valence-electron chi connectivity index (χ4n) is 1.02. The molecule has 0 saturated heterocycles. The maximum absolute atomic E-state index is 11.1. The van der Waals surface area contributed by atoms with Crippen LogP contribution in [0.5, 0.6) is 0 Å². The van der Waals surface area contributed by atoms with Gasteiger partial charge < -0.3 is 0 Å². The van der Waals surface area contributed by atoms with Gasteiger partial charge in [0, 0.05) is 5.02 Å². The molecule has 0 saturated carbocycles. The third-order valence-electron chi connectivity index (χ3n) is 1.83. The highest BCUT2D eigenvalue weighted by Gasteiger charge is 2.21. The van der Waals surface area contributed by atoms with Crippen LogP contribution in [0.4, 0.5) is 0 Å². The second kappa shape index (κ2) is 5.29. The van der Waals surface area contributed by atoms with Gasteiger partial charge in [0.15, 0.2) is 0 Å². The normalized spacial score (nSPS) is 14.9. The Morgan fingerprint density at radius 3 is 2.21 bits per heavy atom. The van der Waals surface area contributed by atoms with Crippen LogP contribution in [-0.4, -0.2) is 10.6 Å². The fourth-order valence-corrected chi connectivity index (χ4v) is 2.13. The molecule has 0 spiro atoms. The second-order valence-corrected chi connectivity index (χ2v) is 5.38. The molecule has 1 aromatic carbocycles. The number of alkyl halides is 2. The van der Waals surface area contributed by atoms with Crippen molar-refractivity contribution in [2.45, 2.75) is 16.6 Å². The molecule has 0 radical (unpaired) electrons. The summed E-state index contributed by atoms with van der Waals surface area (Å²) in [5.41, 5.74) is 1.03. The third-order valence-corrected chi connectivity index (χ3v) is 5.03. The first kappa shape index (κ1) is 12.2. The van der Waals surface area contributed by atoms with Crippen LogP contribution >= 0.6 is 43.5 Å². The smallest absolute Gasteiger partial charge is 0.144 e. The van der Waals surface area contributed by atoms with Crippen LogP contribution in [0.15, 0.2) is 24.3 Å². The molecule has 0 unspecified atom stereocenters. The summed E-state index contributed by atoms with van der Waals surface area (Å²) in [5.74, 6) is 0.0989. The minimum Gasteiger partial charge on any atom is -0.299 e. The summed E-state index contributed by atoms with van der Waals surface area (Å²) in [7, 11) is 0. The highest BCUT2D eigenvalue weighted by molar-refractivity contribution is 9.12. The molecule has 0 aliphatic carbocycles. The lowest BCUT2D eigenvalue weighted by atomic mass is 10.1. The molecule has 76 valence electrons. The van der Waals surface area contributed by atoms with E-state index >= 15 is 0 Å². The lowest BCUT2D eigenvalue weighted by Crippen LogP contribution is -2.15. The Balaban J connectivity index is 2.84. The Morgan fingerprint density at radius 1 is 1.29 bits per heavy atom. The summed E-state index contributed by atoms with van der Waals surface area (Å²) < 4.78 is 0. The van der Waals surface area contributed by atoms with Gasteiger partial charge in [-0.15, -0.1) is 0 Å². The molecule has 0 aliphatic heterocycles. The molecule has 1 nitrogen and oxygen atoms in total. The van der Waals surface area contributed by atoms with Gasteiger partial charge in [0.1, 0.15) is 5.78 Å². The van der Waals surface area contributed by atoms with Crippen LogP contribution in [0.25, 0.3) is 0 Å². The topological polar surface area (TPSA) is 17.1 Å². The number of benzene rings is 1. The van der Waals surface area contributed by atoms with Crippen LogP contribution in [-0.2, 0) is 4.79 Å². The molecule has 0 aliphatic rings. The molecule has 0 bridgehead atoms. The monoisotopic (exact) mass is 338 g/mol. The van der Waals surface area contributed by atoms with Crippen molar-refractivity contribution in [2.75, 3.05) is 0 Å². The van der Waals surface area contributed by atoms with Crippen LogP contribution in [0.3, 0.4) is 0 Å². The Hall–Kier alpha value is 0.140. The molecule has 14 heavy (non-hydrogen) atoms. The Bertz CT molecular complexity index is 323. The Labute approximate surface area is 105 Å². The van der Waals surface area contributed by atoms with Gasteiger partial charge in [-0.3, -0.25) is 4.79 Å². The number of carbonyl (C=O) groups excluding carboxylic acids is 1. The van der Waals surface area contributed by atoms with Gasteiger partial charge >= 0.3 is 0 Å². The van der Waals surface area contributed by atoms with Gasteiger partial charge in [0.2, 0.25) is 0 Å². The lowest BCUT2D eigenvalue weighted by molar-refractivity contribution is -0.116. The predicted molar refractivity (Wildman–Crippen MR) is 66.5 cm³/mol. The van der Waals surface area contributed by atoms with Gasteiger partial charge in [0.25, 0.3) is 0 Å². The van der Waals surface area contributed by atoms with E-state index in [1.165, 1.54) is 0 Å². The van der Waals surface area contributed by atoms with E-state index in [0.29, 0.717) is 5.02 Å². The zero-order chi connectivity index (χ0) is 10.7. The number of ketones is 1. The molecule has 0 N–H and O–H groups in total. The van der Waals surface area contributed by atoms with Crippen molar-refractivity contribution in [2.24, 2.45) is 0 Å². The van der Waals surface area contributed by atoms with Crippen molar-refractivity contribution < 1.29 is 4.79 Å². The first-order chi connectivity index (χ1) is 6.52. The van der Waals surface area contributed by atoms with Crippen LogP contribution in [0, 0.1) is 0 Å². The Kier molecular flexibility index (Phi) is 4.61. The van der Waals surface area contributed by atoms with E-state index in [4.69, 9.17) is 11.6 Å². The number of Topliss-reactive ketones (excluding diaryl/α,β-unsaturated/α-hetero) is 1. The van der Waals surface area contributed by atoms with Gasteiger partial charge in [-0.1, -0.05) is 55.6 Å². The van der Waals surface area contributed by atoms with Crippen molar-refractivity contribution in [3.63, 3.8) is 0 Å². The van der Waals surface area contributed by atoms with Crippen LogP contribution < -0.4 is 0 Å². The second-order valence-electron chi connectivity index (χ2n) is 2.97. The quantitative estimate of drug-likeness (QED) is 0.756. The van der Waals surface area contributed by atoms with Crippen molar-refractivity contribution in [3.8, 4) is 0 Å². The van der Waals surface area contributed by atoms with Gasteiger partial charge in [-0.2, -0.15) is 0 Å². The van der Waals surface area contributed by atoms with Crippen LogP contribution in [0.1, 0.15) is 17.3 Å². The summed E-state index contributed by atoms with van der Waals surface area (Å²) in [6, 6.07) is 7.42. The average Bonchev–Trinajstić information content (AvgIpc) is 2.16. The predicted octanol–water partition coefficient (Wildman–Crippen LogP) is 4.13. The van der Waals surface area contributed by atoms with Crippen molar-refractivity contribution in [1.82, 2.24) is 0 Å². The first-order valence-corrected chi connectivity index (χ1v) is 6.27. The molecule has 0 aromatic heterocycles. The minimum atomic E-state index is -0.205. The lowest BCUT2D eigenvalue weighted by Gasteiger charge is -2.14. The van der Waals surface area contributed by atoms with E-state index < -0.39 is 0 Å². The third kappa shape index (κ3) is 3.07. The number of hydrogen-bond donors (Lipinski definition) is 0. The van der Waals surface area contributed by atoms with Crippen molar-refractivity contribution in [3.05, 3.63) is 34.9 Å². The SMILES string of the molecule is CC(=O)[C@H](Br)[C@H](Br)c1ccc(Cl)cc1. The number of halogens is 3. The van der Waals surface area contributed by atoms with Gasteiger partial charge in [0.05, 0.1) is 9.65 Å². The zero-order valence-electron chi connectivity index (χ0n) is 7.51. The molecule has 0 heterocycles. The van der Waals surface area contributed by atoms with E-state index in [1.54, 1.807) is 6.92 Å². The van der Waals surface area contributed by atoms with Crippen molar-refractivity contribution >= 4 is 49.2 Å². The summed E-state index contributed by atoms with van der Waals surface area (Å²) in [5, 5.41) is 0.697. The molecule has 1 rings (SSSR count). The summed E-state index contributed by atoms with van der Waals surface area (Å²) in [6.45, 7) is 1.56. The van der Waals surface area contributed by atoms with Gasteiger partial charge in [-0.05, 0) is 24.6 Å². The molecular weight excluding hydrogens is 331 g/mol. The standard InChI is InChI=1S/C10H9Br2ClO/c1-6(14)9(11)10(12)7-2-4-8(13)5-3-7/h2-5,9-10H,1H3/t9-,10+/m0/s1. The van der Waals surface area contributed by atoms with Crippen molar-refractivity contribution in [1.29, 1.82) is 0 Å². The van der Waals surface area contributed by atoms with Gasteiger partial charge in [-0.25, -0.2) is 0 Å². The highest BCUT2D eigenvalue weighted by atomic mass is 79.9. The van der Waals surface area contributed by atoms with E-state index in [2.05, 4.69) is 31.9 Å². The zero-order valence-corrected chi connectivity index (χ0v) is 11.4. The van der Waals surface area contributed by atoms with E-state index in [9.17, 15) is 4.79 Å². The summed E-state index contributed by atoms with van der Waals surface area (Å²) in [6.07, 6.45) is 0. The number of carbonyl (C=O) groups is 1. The maximum atomic E-state index is 11.1. The number of rotatable bonds is 3. The maximum Gasteiger partial charge on any atom is 0.144 e. The average molecular weight is 340 g/mol. The minimum absolute atomic E-state index is 0.0164. The molecule has 2 atom stereocenters. The molecule has 1 aromatic rings. The first-order valence-electron chi connectivity index (χ1n) is 4.06. The highest BCUT2D eigenvalue weighted by Crippen LogP contribution is 2.32. The Morgan fingerprint density at radius 2 is 1.79 bits per heavy atom. The largest absolute Gasteiger partial charge is 0.299 e. The summed E-state index contributed by atoms with van der Waals surface area (Å²) >= 11 is 12.6. The van der Waals surface area contributed by atoms with E-state index in [-0.39, 0.29) is 15.4 Å². The number of hydrogen-bond acceptors (Lipinski definition) is 1. The molecule has 4 heteroatoms. The van der Waals surface area contributed by atoms with E-state index in [0.717, 1.165) is 5.56 Å². The van der Waals surface area contributed by atoms with Crippen LogP contribution in [0.2, 0.25) is 5.02 Å². The molecular formula is C10H9Br2ClO. The molecule has 0 amide bonds. The van der Waals surface area contributed by atoms with E-state index in [1.807, 2.05) is 24.3 Å². The summed E-state index contributed by atoms with van der Waals surface area (Å²) in [4.78, 5) is 10.9. The molecule has 0 fully saturated rings.